The van der Waals surface area contributed by atoms with Crippen LogP contribution in [-0.2, 0) is 65.4 Å². The van der Waals surface area contributed by atoms with E-state index in [2.05, 4.69) is 48.5 Å². The smallest absolute Gasteiger partial charge is 0.462 e. The summed E-state index contributed by atoms with van der Waals surface area (Å²) >= 11 is 0. The highest BCUT2D eigenvalue weighted by Crippen LogP contribution is 2.45. The van der Waals surface area contributed by atoms with E-state index in [0.717, 1.165) is 120 Å². The predicted octanol–water partition coefficient (Wildman–Crippen LogP) is 17.5. The van der Waals surface area contributed by atoms with Gasteiger partial charge >= 0.3 is 39.5 Å². The van der Waals surface area contributed by atoms with Gasteiger partial charge in [0.05, 0.1) is 26.4 Å². The Morgan fingerprint density at radius 2 is 0.614 bits per heavy atom. The van der Waals surface area contributed by atoms with Crippen LogP contribution < -0.4 is 0 Å². The van der Waals surface area contributed by atoms with Crippen LogP contribution in [0, 0.1) is 17.8 Å². The molecule has 0 rings (SSSR count). The van der Waals surface area contributed by atoms with Crippen molar-refractivity contribution in [3.63, 3.8) is 0 Å². The van der Waals surface area contributed by atoms with Gasteiger partial charge in [-0.05, 0) is 43.4 Å². The van der Waals surface area contributed by atoms with E-state index >= 15 is 0 Å². The lowest BCUT2D eigenvalue weighted by atomic mass is 10.00. The number of hydrogen-bond acceptors (Lipinski definition) is 15. The van der Waals surface area contributed by atoms with Crippen LogP contribution >= 0.6 is 15.6 Å². The Morgan fingerprint density at radius 3 is 0.916 bits per heavy atom. The number of aliphatic hydroxyl groups excluding tert-OH is 1. The van der Waals surface area contributed by atoms with Crippen molar-refractivity contribution >= 4 is 39.5 Å². The molecule has 19 heteroatoms. The van der Waals surface area contributed by atoms with E-state index in [9.17, 15) is 43.2 Å². The Hall–Kier alpha value is -1.94. The SMILES string of the molecule is CCCCCCCCCC(=O)OC[C@H](COP(=O)(O)OC[C@H](O)COP(=O)(O)OC[C@@H](COC(=O)CCCCCCCCCCC(C)C)OC(=O)CCCCCCCCCCCCCCC(C)C)OC(=O)CCCCCCCCC(C)CC. The molecule has 0 saturated heterocycles. The van der Waals surface area contributed by atoms with Gasteiger partial charge in [0.15, 0.2) is 12.2 Å². The molecular formula is C64H124O17P2. The number of aliphatic hydroxyl groups is 1. The van der Waals surface area contributed by atoms with Crippen LogP contribution in [0.2, 0.25) is 0 Å². The lowest BCUT2D eigenvalue weighted by Crippen LogP contribution is -2.30. The maximum Gasteiger partial charge on any atom is 0.472 e. The Balaban J connectivity index is 5.22. The quantitative estimate of drug-likeness (QED) is 0.0222. The lowest BCUT2D eigenvalue weighted by molar-refractivity contribution is -0.161. The molecule has 0 aliphatic rings. The van der Waals surface area contributed by atoms with Crippen LogP contribution in [0.5, 0.6) is 0 Å². The number of hydrogen-bond donors (Lipinski definition) is 3. The van der Waals surface area contributed by atoms with E-state index in [0.29, 0.717) is 25.7 Å². The molecular weight excluding hydrogens is 1100 g/mol. The van der Waals surface area contributed by atoms with Gasteiger partial charge in [-0.1, -0.05) is 260 Å². The summed E-state index contributed by atoms with van der Waals surface area (Å²) in [7, 11) is -9.88. The third-order valence-corrected chi connectivity index (χ3v) is 16.9. The Labute approximate surface area is 505 Å². The Bertz CT molecular complexity index is 1650. The van der Waals surface area contributed by atoms with Gasteiger partial charge in [0.25, 0.3) is 0 Å². The third kappa shape index (κ3) is 57.6. The number of esters is 4. The average molecular weight is 1230 g/mol. The monoisotopic (exact) mass is 1230 g/mol. The van der Waals surface area contributed by atoms with Crippen molar-refractivity contribution in [1.29, 1.82) is 0 Å². The first-order valence-corrected chi connectivity index (χ1v) is 36.4. The number of rotatable bonds is 62. The zero-order valence-electron chi connectivity index (χ0n) is 53.6. The third-order valence-electron chi connectivity index (χ3n) is 15.0. The molecule has 0 saturated carbocycles. The highest BCUT2D eigenvalue weighted by molar-refractivity contribution is 7.47. The minimum Gasteiger partial charge on any atom is -0.462 e. The highest BCUT2D eigenvalue weighted by Gasteiger charge is 2.30. The number of ether oxygens (including phenoxy) is 4. The molecule has 0 aromatic heterocycles. The van der Waals surface area contributed by atoms with E-state index in [-0.39, 0.29) is 25.7 Å². The lowest BCUT2D eigenvalue weighted by Gasteiger charge is -2.21. The molecule has 0 amide bonds. The van der Waals surface area contributed by atoms with Gasteiger partial charge in [0, 0.05) is 25.7 Å². The second kappa shape index (κ2) is 55.4. The van der Waals surface area contributed by atoms with Gasteiger partial charge in [-0.25, -0.2) is 9.13 Å². The van der Waals surface area contributed by atoms with Gasteiger partial charge in [-0.15, -0.1) is 0 Å². The summed E-state index contributed by atoms with van der Waals surface area (Å²) < 4.78 is 67.9. The minimum absolute atomic E-state index is 0.102. The van der Waals surface area contributed by atoms with Crippen LogP contribution in [-0.4, -0.2) is 96.7 Å². The molecule has 83 heavy (non-hydrogen) atoms. The fourth-order valence-corrected chi connectivity index (χ4v) is 11.0. The average Bonchev–Trinajstić information content (AvgIpc) is 3.44. The van der Waals surface area contributed by atoms with Crippen LogP contribution in [0.1, 0.15) is 312 Å². The first kappa shape index (κ1) is 81.1. The number of unbranched alkanes of at least 4 members (excludes halogenated alkanes) is 29. The fourth-order valence-electron chi connectivity index (χ4n) is 9.45. The van der Waals surface area contributed by atoms with E-state index < -0.39 is 97.5 Å². The van der Waals surface area contributed by atoms with Crippen LogP contribution in [0.4, 0.5) is 0 Å². The molecule has 0 aliphatic heterocycles. The summed E-state index contributed by atoms with van der Waals surface area (Å²) in [5.41, 5.74) is 0. The molecule has 6 atom stereocenters. The van der Waals surface area contributed by atoms with Gasteiger partial charge in [0.1, 0.15) is 19.3 Å². The van der Waals surface area contributed by atoms with Crippen molar-refractivity contribution in [1.82, 2.24) is 0 Å². The van der Waals surface area contributed by atoms with Gasteiger partial charge in [-0.2, -0.15) is 0 Å². The maximum absolute atomic E-state index is 13.0. The predicted molar refractivity (Wildman–Crippen MR) is 331 cm³/mol. The summed E-state index contributed by atoms with van der Waals surface area (Å²) in [4.78, 5) is 72.1. The number of phosphoric acid groups is 2. The molecule has 3 N–H and O–H groups in total. The molecule has 3 unspecified atom stereocenters. The summed E-state index contributed by atoms with van der Waals surface area (Å²) in [6.45, 7) is 11.7. The van der Waals surface area contributed by atoms with Gasteiger partial charge < -0.3 is 33.8 Å². The van der Waals surface area contributed by atoms with Gasteiger partial charge in [-0.3, -0.25) is 37.3 Å². The van der Waals surface area contributed by atoms with E-state index in [1.807, 2.05) is 0 Å². The molecule has 0 aromatic carbocycles. The Kier molecular flexibility index (Phi) is 54.1. The molecule has 0 spiro atoms. The second-order valence-corrected chi connectivity index (χ2v) is 27.3. The van der Waals surface area contributed by atoms with Crippen LogP contribution in [0.15, 0.2) is 0 Å². The standard InChI is InChI=1S/C64H124O17P2/c1-8-10-11-12-21-31-38-45-61(66)74-51-60(81-64(69)48-41-34-27-26-30-37-44-57(7)9-2)54-79-83(72,73)77-50-58(65)49-76-82(70,71)78-53-59(52-75-62(67)46-39-32-24-20-19-23-29-36-43-56(5)6)80-63(68)47-40-33-25-18-16-14-13-15-17-22-28-35-42-55(3)4/h55-60,65H,8-54H2,1-7H3,(H,70,71)(H,72,73)/t57?,58-,59-,60-/m1/s1. The first-order chi connectivity index (χ1) is 39.8. The second-order valence-electron chi connectivity index (χ2n) is 24.3. The summed E-state index contributed by atoms with van der Waals surface area (Å²) in [6, 6.07) is 0. The number of phosphoric ester groups is 2. The zero-order valence-corrected chi connectivity index (χ0v) is 55.4. The van der Waals surface area contributed by atoms with Crippen molar-refractivity contribution in [2.45, 2.75) is 330 Å². The molecule has 0 aliphatic carbocycles. The van der Waals surface area contributed by atoms with Gasteiger partial charge in [0.2, 0.25) is 0 Å². The molecule has 0 bridgehead atoms. The largest absolute Gasteiger partial charge is 0.472 e. The normalized spacial score (nSPS) is 14.7. The van der Waals surface area contributed by atoms with E-state index in [1.165, 1.54) is 109 Å². The summed E-state index contributed by atoms with van der Waals surface area (Å²) in [6.07, 6.45) is 36.4. The summed E-state index contributed by atoms with van der Waals surface area (Å²) in [5, 5.41) is 10.5. The first-order valence-electron chi connectivity index (χ1n) is 33.4. The number of carbonyl (C=O) groups excluding carboxylic acids is 4. The molecule has 492 valence electrons. The highest BCUT2D eigenvalue weighted by atomic mass is 31.2. The summed E-state index contributed by atoms with van der Waals surface area (Å²) in [5.74, 6) is 0.0812. The van der Waals surface area contributed by atoms with Crippen molar-refractivity contribution < 1.29 is 80.2 Å². The molecule has 0 fully saturated rings. The maximum atomic E-state index is 13.0. The number of carbonyl (C=O) groups is 4. The zero-order chi connectivity index (χ0) is 61.7. The molecule has 0 heterocycles. The fraction of sp³-hybridized carbons (Fsp3) is 0.938. The minimum atomic E-state index is -4.95. The van der Waals surface area contributed by atoms with Crippen LogP contribution in [0.3, 0.4) is 0 Å². The van der Waals surface area contributed by atoms with E-state index in [4.69, 9.17) is 37.0 Å². The van der Waals surface area contributed by atoms with Crippen LogP contribution in [0.25, 0.3) is 0 Å². The molecule has 17 nitrogen and oxygen atoms in total. The molecule has 0 radical (unpaired) electrons. The Morgan fingerprint density at radius 1 is 0.349 bits per heavy atom. The van der Waals surface area contributed by atoms with Crippen molar-refractivity contribution in [3.05, 3.63) is 0 Å². The van der Waals surface area contributed by atoms with E-state index in [1.54, 1.807) is 0 Å². The van der Waals surface area contributed by atoms with Crippen molar-refractivity contribution in [2.24, 2.45) is 17.8 Å². The van der Waals surface area contributed by atoms with Crippen molar-refractivity contribution in [3.8, 4) is 0 Å². The molecule has 0 aromatic rings. The topological polar surface area (TPSA) is 237 Å². The van der Waals surface area contributed by atoms with Crippen molar-refractivity contribution in [2.75, 3.05) is 39.6 Å².